The van der Waals surface area contributed by atoms with E-state index in [1.54, 1.807) is 0 Å². The number of Topliss-reactive ketones (excluding diaryl/α,β-unsaturated/α-hetero) is 1. The van der Waals surface area contributed by atoms with Crippen LogP contribution in [0.5, 0.6) is 0 Å². The van der Waals surface area contributed by atoms with Crippen LogP contribution in [0.3, 0.4) is 0 Å². The third kappa shape index (κ3) is 3.88. The van der Waals surface area contributed by atoms with Crippen molar-refractivity contribution in [3.63, 3.8) is 0 Å². The molecule has 0 aromatic heterocycles. The van der Waals surface area contributed by atoms with Gasteiger partial charge in [-0.25, -0.2) is 0 Å². The van der Waals surface area contributed by atoms with Crippen LogP contribution in [0.2, 0.25) is 0 Å². The second-order valence-corrected chi connectivity index (χ2v) is 11.7. The molecule has 5 rings (SSSR count). The lowest BCUT2D eigenvalue weighted by Gasteiger charge is -2.60. The summed E-state index contributed by atoms with van der Waals surface area (Å²) in [6, 6.07) is 0. The van der Waals surface area contributed by atoms with Crippen molar-refractivity contribution in [3.8, 4) is 0 Å². The van der Waals surface area contributed by atoms with Gasteiger partial charge in [0.05, 0.1) is 19.6 Å². The van der Waals surface area contributed by atoms with E-state index in [0.717, 1.165) is 76.8 Å². The first kappa shape index (κ1) is 21.9. The SMILES string of the molecule is CC12CCC3C(CCC4CC(OC(=O)CCN5CCOCC5)CCC43C)C1CCC2=O. The van der Waals surface area contributed by atoms with Gasteiger partial charge in [0.15, 0.2) is 0 Å². The van der Waals surface area contributed by atoms with Crippen molar-refractivity contribution in [1.82, 2.24) is 4.90 Å². The quantitative estimate of drug-likeness (QED) is 0.624. The van der Waals surface area contributed by atoms with Gasteiger partial charge in [-0.3, -0.25) is 14.5 Å². The number of hydrogen-bond acceptors (Lipinski definition) is 5. The van der Waals surface area contributed by atoms with Gasteiger partial charge >= 0.3 is 5.97 Å². The van der Waals surface area contributed by atoms with E-state index in [1.165, 1.54) is 25.7 Å². The molecule has 174 valence electrons. The Balaban J connectivity index is 1.17. The van der Waals surface area contributed by atoms with Crippen LogP contribution in [0.25, 0.3) is 0 Å². The Kier molecular flexibility index (Phi) is 5.96. The highest BCUT2D eigenvalue weighted by Gasteiger charge is 2.60. The molecule has 1 heterocycles. The molecule has 5 heteroatoms. The molecule has 31 heavy (non-hydrogen) atoms. The van der Waals surface area contributed by atoms with E-state index in [2.05, 4.69) is 18.7 Å². The van der Waals surface area contributed by atoms with Crippen molar-refractivity contribution >= 4 is 11.8 Å². The number of ketones is 1. The maximum Gasteiger partial charge on any atom is 0.307 e. The molecule has 0 amide bonds. The molecular weight excluding hydrogens is 390 g/mol. The zero-order valence-corrected chi connectivity index (χ0v) is 19.6. The second-order valence-electron chi connectivity index (χ2n) is 11.7. The maximum atomic E-state index is 12.6. The predicted molar refractivity (Wildman–Crippen MR) is 118 cm³/mol. The van der Waals surface area contributed by atoms with Gasteiger partial charge in [-0.2, -0.15) is 0 Å². The third-order valence-electron chi connectivity index (χ3n) is 10.4. The fourth-order valence-corrected chi connectivity index (χ4v) is 8.42. The Bertz CT molecular complexity index is 704. The van der Waals surface area contributed by atoms with Gasteiger partial charge in [0.1, 0.15) is 11.9 Å². The number of morpholine rings is 1. The molecule has 4 aliphatic carbocycles. The smallest absolute Gasteiger partial charge is 0.307 e. The topological polar surface area (TPSA) is 55.8 Å². The molecule has 0 aromatic rings. The van der Waals surface area contributed by atoms with E-state index in [1.807, 2.05) is 0 Å². The minimum absolute atomic E-state index is 0.0216. The summed E-state index contributed by atoms with van der Waals surface area (Å²) in [6.45, 7) is 8.98. The molecule has 1 saturated heterocycles. The van der Waals surface area contributed by atoms with Crippen LogP contribution >= 0.6 is 0 Å². The summed E-state index contributed by atoms with van der Waals surface area (Å²) in [5, 5.41) is 0. The van der Waals surface area contributed by atoms with E-state index in [-0.39, 0.29) is 17.5 Å². The summed E-state index contributed by atoms with van der Waals surface area (Å²) in [4.78, 5) is 27.4. The first-order valence-corrected chi connectivity index (χ1v) is 12.9. The lowest BCUT2D eigenvalue weighted by Crippen LogP contribution is -2.54. The number of rotatable bonds is 4. The monoisotopic (exact) mass is 431 g/mol. The summed E-state index contributed by atoms with van der Waals surface area (Å²) in [7, 11) is 0. The highest BCUT2D eigenvalue weighted by atomic mass is 16.5. The summed E-state index contributed by atoms with van der Waals surface area (Å²) in [6.07, 6.45) is 10.6. The van der Waals surface area contributed by atoms with Gasteiger partial charge in [0, 0.05) is 31.5 Å². The number of hydrogen-bond donors (Lipinski definition) is 0. The zero-order chi connectivity index (χ0) is 21.6. The molecule has 0 N–H and O–H groups in total. The molecule has 0 spiro atoms. The lowest BCUT2D eigenvalue weighted by molar-refractivity contribution is -0.162. The van der Waals surface area contributed by atoms with Crippen LogP contribution in [-0.4, -0.2) is 55.6 Å². The van der Waals surface area contributed by atoms with Gasteiger partial charge < -0.3 is 9.47 Å². The van der Waals surface area contributed by atoms with Gasteiger partial charge in [-0.05, 0) is 80.5 Å². The fraction of sp³-hybridized carbons (Fsp3) is 0.923. The lowest BCUT2D eigenvalue weighted by atomic mass is 9.45. The second kappa shape index (κ2) is 8.44. The van der Waals surface area contributed by atoms with Gasteiger partial charge in [0.2, 0.25) is 0 Å². The minimum Gasteiger partial charge on any atom is -0.462 e. The standard InChI is InChI=1S/C26H41NO4/c1-25-10-7-19(31-24(29)9-12-27-13-15-30-16-14-27)17-18(25)3-4-20-21-5-6-23(28)26(21,2)11-8-22(20)25/h18-22H,3-17H2,1-2H3. The largest absolute Gasteiger partial charge is 0.462 e. The minimum atomic E-state index is -0.0302. The van der Waals surface area contributed by atoms with Crippen molar-refractivity contribution in [1.29, 1.82) is 0 Å². The fourth-order valence-electron chi connectivity index (χ4n) is 8.42. The number of carbonyl (C=O) groups excluding carboxylic acids is 2. The van der Waals surface area contributed by atoms with Crippen LogP contribution in [-0.2, 0) is 19.1 Å². The summed E-state index contributed by atoms with van der Waals surface area (Å²) in [5.41, 5.74) is 0.337. The summed E-state index contributed by atoms with van der Waals surface area (Å²) >= 11 is 0. The normalized spacial score (nSPS) is 45.5. The zero-order valence-electron chi connectivity index (χ0n) is 19.6. The number of carbonyl (C=O) groups is 2. The highest BCUT2D eigenvalue weighted by Crippen LogP contribution is 2.65. The molecule has 1 aliphatic heterocycles. The number of fused-ring (bicyclic) bond motifs is 5. The Morgan fingerprint density at radius 2 is 1.87 bits per heavy atom. The van der Waals surface area contributed by atoms with E-state index >= 15 is 0 Å². The maximum absolute atomic E-state index is 12.6. The molecule has 7 atom stereocenters. The van der Waals surface area contributed by atoms with Crippen molar-refractivity contribution in [2.75, 3.05) is 32.8 Å². The van der Waals surface area contributed by atoms with Crippen LogP contribution in [0.4, 0.5) is 0 Å². The van der Waals surface area contributed by atoms with Crippen molar-refractivity contribution in [2.24, 2.45) is 34.5 Å². The third-order valence-corrected chi connectivity index (χ3v) is 10.4. The van der Waals surface area contributed by atoms with Gasteiger partial charge in [-0.1, -0.05) is 13.8 Å². The predicted octanol–water partition coefficient (Wildman–Crippen LogP) is 4.23. The average molecular weight is 432 g/mol. The van der Waals surface area contributed by atoms with E-state index in [9.17, 15) is 9.59 Å². The molecule has 0 aromatic carbocycles. The van der Waals surface area contributed by atoms with Crippen molar-refractivity contribution in [2.45, 2.75) is 84.2 Å². The first-order valence-electron chi connectivity index (χ1n) is 12.9. The van der Waals surface area contributed by atoms with Crippen LogP contribution in [0, 0.1) is 34.5 Å². The van der Waals surface area contributed by atoms with E-state index in [0.29, 0.717) is 29.5 Å². The van der Waals surface area contributed by atoms with Gasteiger partial charge in [0.25, 0.3) is 0 Å². The Labute approximate surface area is 187 Å². The van der Waals surface area contributed by atoms with Crippen LogP contribution < -0.4 is 0 Å². The molecule has 5 fully saturated rings. The molecule has 4 saturated carbocycles. The van der Waals surface area contributed by atoms with E-state index < -0.39 is 0 Å². The Hall–Kier alpha value is -0.940. The number of esters is 1. The average Bonchev–Trinajstić information content (AvgIpc) is 3.08. The van der Waals surface area contributed by atoms with E-state index in [4.69, 9.17) is 9.47 Å². The van der Waals surface area contributed by atoms with Crippen LogP contribution in [0.1, 0.15) is 78.1 Å². The number of ether oxygens (including phenoxy) is 2. The van der Waals surface area contributed by atoms with Gasteiger partial charge in [-0.15, -0.1) is 0 Å². The summed E-state index contributed by atoms with van der Waals surface area (Å²) < 4.78 is 11.4. The molecular formula is C26H41NO4. The Morgan fingerprint density at radius 1 is 1.06 bits per heavy atom. The van der Waals surface area contributed by atoms with Crippen molar-refractivity contribution in [3.05, 3.63) is 0 Å². The number of nitrogens with zero attached hydrogens (tertiary/aromatic N) is 1. The van der Waals surface area contributed by atoms with Crippen molar-refractivity contribution < 1.29 is 19.1 Å². The molecule has 7 unspecified atom stereocenters. The molecule has 0 radical (unpaired) electrons. The molecule has 0 bridgehead atoms. The highest BCUT2D eigenvalue weighted by molar-refractivity contribution is 5.87. The Morgan fingerprint density at radius 3 is 2.68 bits per heavy atom. The summed E-state index contributed by atoms with van der Waals surface area (Å²) in [5.74, 6) is 3.29. The van der Waals surface area contributed by atoms with Crippen LogP contribution in [0.15, 0.2) is 0 Å². The molecule has 5 aliphatic rings. The first-order chi connectivity index (χ1) is 14.9. The molecule has 5 nitrogen and oxygen atoms in total.